The highest BCUT2D eigenvalue weighted by atomic mass is 32.2. The molecule has 0 saturated carbocycles. The Bertz CT molecular complexity index is 581. The third kappa shape index (κ3) is 5.69. The van der Waals surface area contributed by atoms with Gasteiger partial charge in [-0.05, 0) is 51.1 Å². The topological polar surface area (TPSA) is 74.3 Å². The first-order valence-corrected chi connectivity index (χ1v) is 11.0. The number of nitrogens with zero attached hydrogens (tertiary/aromatic N) is 2. The Morgan fingerprint density at radius 3 is 2.76 bits per heavy atom. The number of aromatic nitrogens is 1. The maximum Gasteiger partial charge on any atom is 0.236 e. The first-order valence-electron chi connectivity index (χ1n) is 9.04. The van der Waals surface area contributed by atoms with Gasteiger partial charge >= 0.3 is 0 Å². The van der Waals surface area contributed by atoms with Crippen molar-refractivity contribution in [3.63, 3.8) is 0 Å². The monoisotopic (exact) mass is 382 g/mol. The predicted molar refractivity (Wildman–Crippen MR) is 103 cm³/mol. The molecule has 2 saturated heterocycles. The number of nitrogens with one attached hydrogen (secondary N) is 2. The molecule has 0 radical (unpaired) electrons. The molecule has 3 rings (SSSR count). The lowest BCUT2D eigenvalue weighted by molar-refractivity contribution is -0.129. The van der Waals surface area contributed by atoms with Gasteiger partial charge in [0.25, 0.3) is 0 Å². The van der Waals surface area contributed by atoms with Gasteiger partial charge < -0.3 is 15.5 Å². The fourth-order valence-electron chi connectivity index (χ4n) is 3.26. The molecule has 3 heterocycles. The number of thiazole rings is 1. The third-order valence-corrected chi connectivity index (χ3v) is 6.67. The van der Waals surface area contributed by atoms with Crippen LogP contribution in [0.4, 0.5) is 5.13 Å². The summed E-state index contributed by atoms with van der Waals surface area (Å²) < 4.78 is 0. The summed E-state index contributed by atoms with van der Waals surface area (Å²) in [7, 11) is 0. The van der Waals surface area contributed by atoms with Crippen LogP contribution < -0.4 is 10.6 Å². The number of likely N-dealkylation sites (tertiary alicyclic amines) is 1. The molecule has 0 unspecified atom stereocenters. The van der Waals surface area contributed by atoms with Crippen LogP contribution in [0.2, 0.25) is 0 Å². The smallest absolute Gasteiger partial charge is 0.236 e. The van der Waals surface area contributed by atoms with E-state index in [1.165, 1.54) is 23.1 Å². The van der Waals surface area contributed by atoms with Gasteiger partial charge in [-0.2, -0.15) is 0 Å². The highest BCUT2D eigenvalue weighted by molar-refractivity contribution is 8.00. The lowest BCUT2D eigenvalue weighted by atomic mass is 9.97. The van der Waals surface area contributed by atoms with Crippen molar-refractivity contribution < 1.29 is 9.59 Å². The molecule has 2 N–H and O–H groups in total. The van der Waals surface area contributed by atoms with E-state index in [0.717, 1.165) is 51.9 Å². The molecule has 6 nitrogen and oxygen atoms in total. The van der Waals surface area contributed by atoms with Gasteiger partial charge in [-0.25, -0.2) is 4.98 Å². The Morgan fingerprint density at radius 1 is 1.24 bits per heavy atom. The van der Waals surface area contributed by atoms with Crippen LogP contribution >= 0.6 is 23.1 Å². The summed E-state index contributed by atoms with van der Waals surface area (Å²) >= 11 is 2.96. The fraction of sp³-hybridized carbons (Fsp3) is 0.706. The van der Waals surface area contributed by atoms with Crippen LogP contribution in [0, 0.1) is 0 Å². The zero-order valence-corrected chi connectivity index (χ0v) is 16.1. The Balaban J connectivity index is 1.37. The van der Waals surface area contributed by atoms with Crippen LogP contribution in [0.3, 0.4) is 0 Å². The van der Waals surface area contributed by atoms with E-state index >= 15 is 0 Å². The van der Waals surface area contributed by atoms with Gasteiger partial charge in [0.05, 0.1) is 11.5 Å². The average Bonchev–Trinajstić information content (AvgIpc) is 3.11. The third-order valence-electron chi connectivity index (χ3n) is 4.68. The van der Waals surface area contributed by atoms with Crippen molar-refractivity contribution >= 4 is 40.0 Å². The molecule has 0 spiro atoms. The van der Waals surface area contributed by atoms with E-state index in [1.807, 2.05) is 11.1 Å². The summed E-state index contributed by atoms with van der Waals surface area (Å²) in [6.45, 7) is 3.83. The predicted octanol–water partition coefficient (Wildman–Crippen LogP) is 2.29. The minimum Gasteiger partial charge on any atom is -0.342 e. The molecule has 25 heavy (non-hydrogen) atoms. The first-order chi connectivity index (χ1) is 12.2. The second-order valence-corrected chi connectivity index (χ2v) is 8.62. The van der Waals surface area contributed by atoms with Gasteiger partial charge in [-0.3, -0.25) is 9.59 Å². The molecule has 0 aliphatic carbocycles. The number of anilines is 1. The zero-order valence-electron chi connectivity index (χ0n) is 14.5. The number of carbonyl (C=O) groups excluding carboxylic acids is 2. The summed E-state index contributed by atoms with van der Waals surface area (Å²) in [5.41, 5.74) is 0. The lowest BCUT2D eigenvalue weighted by Gasteiger charge is -2.26. The number of hydrogen-bond acceptors (Lipinski definition) is 6. The van der Waals surface area contributed by atoms with Gasteiger partial charge in [-0.1, -0.05) is 0 Å². The standard InChI is InChI=1S/C17H26N4O2S2/c22-15(11-24-12-16(23)21-8-2-1-3-9-21)20-17-19-10-14(25-17)13-4-6-18-7-5-13/h10,13,18H,1-9,11-12H2,(H,19,20,22). The van der Waals surface area contributed by atoms with Crippen molar-refractivity contribution in [1.82, 2.24) is 15.2 Å². The quantitative estimate of drug-likeness (QED) is 0.790. The number of rotatable bonds is 6. The molecule has 2 fully saturated rings. The molecule has 2 aliphatic rings. The molecule has 0 atom stereocenters. The minimum absolute atomic E-state index is 0.0809. The Labute approximate surface area is 157 Å². The van der Waals surface area contributed by atoms with Crippen molar-refractivity contribution in [2.24, 2.45) is 0 Å². The van der Waals surface area contributed by atoms with E-state index < -0.39 is 0 Å². The maximum atomic E-state index is 12.1. The van der Waals surface area contributed by atoms with E-state index in [0.29, 0.717) is 22.6 Å². The van der Waals surface area contributed by atoms with E-state index in [9.17, 15) is 9.59 Å². The Hall–Kier alpha value is -1.12. The number of carbonyl (C=O) groups is 2. The minimum atomic E-state index is -0.0809. The van der Waals surface area contributed by atoms with Gasteiger partial charge in [0.1, 0.15) is 0 Å². The van der Waals surface area contributed by atoms with E-state index in [4.69, 9.17) is 0 Å². The van der Waals surface area contributed by atoms with Gasteiger partial charge in [0, 0.05) is 24.2 Å². The second kappa shape index (κ2) is 9.54. The Morgan fingerprint density at radius 2 is 2.00 bits per heavy atom. The fourth-order valence-corrected chi connectivity index (χ4v) is 4.98. The normalized spacial score (nSPS) is 19.0. The van der Waals surface area contributed by atoms with Gasteiger partial charge in [0.2, 0.25) is 11.8 Å². The molecule has 1 aromatic rings. The molecule has 138 valence electrons. The van der Waals surface area contributed by atoms with Crippen molar-refractivity contribution in [2.45, 2.75) is 38.0 Å². The first kappa shape index (κ1) is 18.7. The maximum absolute atomic E-state index is 12.1. The molecule has 2 aliphatic heterocycles. The number of thioether (sulfide) groups is 1. The largest absolute Gasteiger partial charge is 0.342 e. The number of amides is 2. The molecular formula is C17H26N4O2S2. The average molecular weight is 383 g/mol. The number of hydrogen-bond donors (Lipinski definition) is 2. The van der Waals surface area contributed by atoms with E-state index in [1.54, 1.807) is 11.3 Å². The Kier molecular flexibility index (Phi) is 7.12. The summed E-state index contributed by atoms with van der Waals surface area (Å²) in [6, 6.07) is 0. The lowest BCUT2D eigenvalue weighted by Crippen LogP contribution is -2.37. The summed E-state index contributed by atoms with van der Waals surface area (Å²) in [4.78, 5) is 31.6. The van der Waals surface area contributed by atoms with Crippen molar-refractivity contribution in [3.05, 3.63) is 11.1 Å². The molecule has 0 aromatic carbocycles. The van der Waals surface area contributed by atoms with Crippen LogP contribution in [-0.4, -0.2) is 59.4 Å². The molecule has 0 bridgehead atoms. The van der Waals surface area contributed by atoms with Crippen molar-refractivity contribution in [2.75, 3.05) is 43.0 Å². The van der Waals surface area contributed by atoms with E-state index in [2.05, 4.69) is 15.6 Å². The van der Waals surface area contributed by atoms with Crippen LogP contribution in [-0.2, 0) is 9.59 Å². The summed E-state index contributed by atoms with van der Waals surface area (Å²) in [5.74, 6) is 1.30. The molecule has 1 aromatic heterocycles. The van der Waals surface area contributed by atoms with Gasteiger partial charge in [0.15, 0.2) is 5.13 Å². The molecule has 2 amide bonds. The molecular weight excluding hydrogens is 356 g/mol. The van der Waals surface area contributed by atoms with Crippen LogP contribution in [0.25, 0.3) is 0 Å². The van der Waals surface area contributed by atoms with Gasteiger partial charge in [-0.15, -0.1) is 23.1 Å². The number of piperidine rings is 2. The van der Waals surface area contributed by atoms with Crippen LogP contribution in [0.5, 0.6) is 0 Å². The van der Waals surface area contributed by atoms with Crippen molar-refractivity contribution in [3.8, 4) is 0 Å². The highest BCUT2D eigenvalue weighted by Gasteiger charge is 2.19. The second-order valence-electron chi connectivity index (χ2n) is 6.57. The van der Waals surface area contributed by atoms with Crippen molar-refractivity contribution in [1.29, 1.82) is 0 Å². The summed E-state index contributed by atoms with van der Waals surface area (Å²) in [5, 5.41) is 6.89. The highest BCUT2D eigenvalue weighted by Crippen LogP contribution is 2.31. The van der Waals surface area contributed by atoms with Crippen LogP contribution in [0.15, 0.2) is 6.20 Å². The van der Waals surface area contributed by atoms with Crippen LogP contribution in [0.1, 0.15) is 42.9 Å². The van der Waals surface area contributed by atoms with E-state index in [-0.39, 0.29) is 11.8 Å². The molecule has 8 heteroatoms. The summed E-state index contributed by atoms with van der Waals surface area (Å²) in [6.07, 6.45) is 7.56. The zero-order chi connectivity index (χ0) is 17.5. The SMILES string of the molecule is O=C(CSCC(=O)N1CCCCC1)Nc1ncc(C2CCNCC2)s1.